The predicted molar refractivity (Wildman–Crippen MR) is 53.4 cm³/mol. The van der Waals surface area contributed by atoms with Gasteiger partial charge in [-0.05, 0) is 18.6 Å². The molecule has 0 N–H and O–H groups in total. The SMILES string of the molecule is CCCN1C(=O)C(=O)c2cccc(F)c21. The first-order valence-electron chi connectivity index (χ1n) is 4.81. The first-order valence-corrected chi connectivity index (χ1v) is 4.81. The van der Waals surface area contributed by atoms with Gasteiger partial charge in [-0.1, -0.05) is 13.0 Å². The summed E-state index contributed by atoms with van der Waals surface area (Å²) >= 11 is 0. The number of para-hydroxylation sites is 1. The Labute approximate surface area is 86.5 Å². The molecular weight excluding hydrogens is 197 g/mol. The van der Waals surface area contributed by atoms with E-state index in [1.165, 1.54) is 23.1 Å². The van der Waals surface area contributed by atoms with E-state index in [4.69, 9.17) is 0 Å². The van der Waals surface area contributed by atoms with Gasteiger partial charge in [0.25, 0.3) is 11.7 Å². The molecule has 1 heterocycles. The van der Waals surface area contributed by atoms with Gasteiger partial charge in [0.15, 0.2) is 0 Å². The first kappa shape index (κ1) is 9.83. The lowest BCUT2D eigenvalue weighted by atomic mass is 10.1. The lowest BCUT2D eigenvalue weighted by Crippen LogP contribution is -2.30. The topological polar surface area (TPSA) is 37.4 Å². The van der Waals surface area contributed by atoms with Crippen molar-refractivity contribution in [3.8, 4) is 0 Å². The number of carbonyl (C=O) groups excluding carboxylic acids is 2. The number of hydrogen-bond acceptors (Lipinski definition) is 2. The Morgan fingerprint density at radius 2 is 2.07 bits per heavy atom. The normalized spacial score (nSPS) is 14.7. The third kappa shape index (κ3) is 1.33. The Morgan fingerprint density at radius 3 is 2.73 bits per heavy atom. The highest BCUT2D eigenvalue weighted by Crippen LogP contribution is 2.31. The van der Waals surface area contributed by atoms with Gasteiger partial charge in [-0.15, -0.1) is 0 Å². The van der Waals surface area contributed by atoms with Gasteiger partial charge in [-0.25, -0.2) is 4.39 Å². The maximum atomic E-state index is 13.5. The lowest BCUT2D eigenvalue weighted by molar-refractivity contribution is -0.114. The number of rotatable bonds is 2. The van der Waals surface area contributed by atoms with Gasteiger partial charge in [0, 0.05) is 6.54 Å². The summed E-state index contributed by atoms with van der Waals surface area (Å²) in [5.74, 6) is -1.75. The van der Waals surface area contributed by atoms with E-state index in [1.807, 2.05) is 6.92 Å². The Balaban J connectivity index is 2.56. The summed E-state index contributed by atoms with van der Waals surface area (Å²) in [5, 5.41) is 0. The molecule has 0 aromatic heterocycles. The van der Waals surface area contributed by atoms with Gasteiger partial charge in [-0.3, -0.25) is 9.59 Å². The fourth-order valence-electron chi connectivity index (χ4n) is 1.75. The van der Waals surface area contributed by atoms with E-state index in [2.05, 4.69) is 0 Å². The molecule has 78 valence electrons. The minimum atomic E-state index is -0.628. The molecule has 0 unspecified atom stereocenters. The van der Waals surface area contributed by atoms with Crippen molar-refractivity contribution in [1.82, 2.24) is 0 Å². The smallest absolute Gasteiger partial charge is 0.299 e. The minimum Gasteiger partial charge on any atom is -0.302 e. The molecule has 1 amide bonds. The van der Waals surface area contributed by atoms with Crippen molar-refractivity contribution in [3.63, 3.8) is 0 Å². The number of benzene rings is 1. The van der Waals surface area contributed by atoms with Crippen LogP contribution in [0.25, 0.3) is 0 Å². The Morgan fingerprint density at radius 1 is 1.33 bits per heavy atom. The summed E-state index contributed by atoms with van der Waals surface area (Å²) in [5.41, 5.74) is 0.308. The molecule has 0 radical (unpaired) electrons. The predicted octanol–water partition coefficient (Wildman–Crippen LogP) is 1.77. The number of carbonyl (C=O) groups is 2. The van der Waals surface area contributed by atoms with Crippen LogP contribution in [-0.2, 0) is 4.79 Å². The molecular formula is C11H10FNO2. The summed E-state index contributed by atoms with van der Waals surface area (Å²) in [6, 6.07) is 4.18. The van der Waals surface area contributed by atoms with Crippen molar-refractivity contribution in [2.45, 2.75) is 13.3 Å². The average Bonchev–Trinajstić information content (AvgIpc) is 2.46. The number of ketones is 1. The third-order valence-electron chi connectivity index (χ3n) is 2.39. The van der Waals surface area contributed by atoms with Crippen LogP contribution in [-0.4, -0.2) is 18.2 Å². The average molecular weight is 207 g/mol. The molecule has 0 bridgehead atoms. The van der Waals surface area contributed by atoms with Crippen molar-refractivity contribution in [3.05, 3.63) is 29.6 Å². The number of fused-ring (bicyclic) bond motifs is 1. The monoisotopic (exact) mass is 207 g/mol. The van der Waals surface area contributed by atoms with E-state index in [1.54, 1.807) is 0 Å². The highest BCUT2D eigenvalue weighted by molar-refractivity contribution is 6.52. The first-order chi connectivity index (χ1) is 7.16. The lowest BCUT2D eigenvalue weighted by Gasteiger charge is -2.15. The highest BCUT2D eigenvalue weighted by atomic mass is 19.1. The second kappa shape index (κ2) is 3.46. The molecule has 0 aliphatic carbocycles. The van der Waals surface area contributed by atoms with Crippen molar-refractivity contribution < 1.29 is 14.0 Å². The molecule has 0 saturated carbocycles. The Hall–Kier alpha value is -1.71. The van der Waals surface area contributed by atoms with Crippen LogP contribution < -0.4 is 4.90 Å². The zero-order valence-electron chi connectivity index (χ0n) is 8.29. The number of Topliss-reactive ketones (excluding diaryl/α,β-unsaturated/α-hetero) is 1. The maximum absolute atomic E-state index is 13.5. The number of hydrogen-bond donors (Lipinski definition) is 0. The molecule has 1 aliphatic heterocycles. The van der Waals surface area contributed by atoms with Crippen LogP contribution in [0.3, 0.4) is 0 Å². The molecule has 15 heavy (non-hydrogen) atoms. The molecule has 0 atom stereocenters. The van der Waals surface area contributed by atoms with E-state index in [-0.39, 0.29) is 11.3 Å². The largest absolute Gasteiger partial charge is 0.302 e. The molecule has 1 aromatic carbocycles. The summed E-state index contributed by atoms with van der Waals surface area (Å²) in [7, 11) is 0. The number of amides is 1. The number of anilines is 1. The van der Waals surface area contributed by atoms with Crippen molar-refractivity contribution in [1.29, 1.82) is 0 Å². The van der Waals surface area contributed by atoms with Crippen LogP contribution in [0, 0.1) is 5.82 Å². The van der Waals surface area contributed by atoms with E-state index >= 15 is 0 Å². The molecule has 0 spiro atoms. The molecule has 4 heteroatoms. The van der Waals surface area contributed by atoms with Gasteiger partial charge < -0.3 is 4.90 Å². The van der Waals surface area contributed by atoms with Crippen LogP contribution in [0.2, 0.25) is 0 Å². The van der Waals surface area contributed by atoms with E-state index < -0.39 is 17.5 Å². The van der Waals surface area contributed by atoms with E-state index in [9.17, 15) is 14.0 Å². The maximum Gasteiger partial charge on any atom is 0.299 e. The molecule has 1 aromatic rings. The fraction of sp³-hybridized carbons (Fsp3) is 0.273. The van der Waals surface area contributed by atoms with Crippen molar-refractivity contribution in [2.75, 3.05) is 11.4 Å². The van der Waals surface area contributed by atoms with Crippen LogP contribution in [0.1, 0.15) is 23.7 Å². The molecule has 1 aliphatic rings. The molecule has 2 rings (SSSR count). The van der Waals surface area contributed by atoms with Crippen LogP contribution in [0.5, 0.6) is 0 Å². The van der Waals surface area contributed by atoms with E-state index in [0.717, 1.165) is 0 Å². The van der Waals surface area contributed by atoms with E-state index in [0.29, 0.717) is 13.0 Å². The molecule has 0 saturated heterocycles. The van der Waals surface area contributed by atoms with Crippen LogP contribution in [0.4, 0.5) is 10.1 Å². The summed E-state index contributed by atoms with van der Waals surface area (Å²) in [6.45, 7) is 2.25. The second-order valence-corrected chi connectivity index (χ2v) is 3.42. The number of halogens is 1. The van der Waals surface area contributed by atoms with Crippen LogP contribution >= 0.6 is 0 Å². The zero-order chi connectivity index (χ0) is 11.0. The van der Waals surface area contributed by atoms with Gasteiger partial charge in [0.2, 0.25) is 0 Å². The quantitative estimate of drug-likeness (QED) is 0.693. The van der Waals surface area contributed by atoms with Gasteiger partial charge in [0.05, 0.1) is 11.3 Å². The van der Waals surface area contributed by atoms with Gasteiger partial charge in [-0.2, -0.15) is 0 Å². The Bertz CT molecular complexity index is 442. The standard InChI is InChI=1S/C11H10FNO2/c1-2-6-13-9-7(10(14)11(13)15)4-3-5-8(9)12/h3-5H,2,6H2,1H3. The summed E-state index contributed by atoms with van der Waals surface area (Å²) in [6.07, 6.45) is 0.687. The van der Waals surface area contributed by atoms with Gasteiger partial charge >= 0.3 is 0 Å². The van der Waals surface area contributed by atoms with Crippen molar-refractivity contribution >= 4 is 17.4 Å². The highest BCUT2D eigenvalue weighted by Gasteiger charge is 2.37. The Kier molecular flexibility index (Phi) is 2.26. The second-order valence-electron chi connectivity index (χ2n) is 3.42. The third-order valence-corrected chi connectivity index (χ3v) is 2.39. The van der Waals surface area contributed by atoms with Gasteiger partial charge in [0.1, 0.15) is 5.82 Å². The molecule has 3 nitrogen and oxygen atoms in total. The van der Waals surface area contributed by atoms with Crippen LogP contribution in [0.15, 0.2) is 18.2 Å². The molecule has 0 fully saturated rings. The van der Waals surface area contributed by atoms with Crippen molar-refractivity contribution in [2.24, 2.45) is 0 Å². The minimum absolute atomic E-state index is 0.134. The summed E-state index contributed by atoms with van der Waals surface area (Å²) in [4.78, 5) is 24.2. The fourth-order valence-corrected chi connectivity index (χ4v) is 1.75. The summed E-state index contributed by atoms with van der Waals surface area (Å²) < 4.78 is 13.5. The number of nitrogens with zero attached hydrogens (tertiary/aromatic N) is 1. The zero-order valence-corrected chi connectivity index (χ0v) is 8.29.